The lowest BCUT2D eigenvalue weighted by molar-refractivity contribution is -0.121. The van der Waals surface area contributed by atoms with E-state index in [1.807, 2.05) is 24.3 Å². The zero-order valence-corrected chi connectivity index (χ0v) is 16.3. The third-order valence-electron chi connectivity index (χ3n) is 4.03. The molecular weight excluding hydrogens is 336 g/mol. The molecule has 25 heavy (non-hydrogen) atoms. The molecule has 1 fully saturated rings. The van der Waals surface area contributed by atoms with Gasteiger partial charge in [0, 0.05) is 43.2 Å². The third-order valence-corrected chi connectivity index (χ3v) is 5.04. The van der Waals surface area contributed by atoms with Crippen LogP contribution in [0.5, 0.6) is 5.75 Å². The molecule has 0 spiro atoms. The number of thioether (sulfide) groups is 1. The van der Waals surface area contributed by atoms with Crippen molar-refractivity contribution in [1.82, 2.24) is 10.2 Å². The number of ether oxygens (including phenoxy) is 2. The lowest BCUT2D eigenvalue weighted by Crippen LogP contribution is -2.48. The van der Waals surface area contributed by atoms with Crippen molar-refractivity contribution in [2.45, 2.75) is 31.3 Å². The van der Waals surface area contributed by atoms with Gasteiger partial charge < -0.3 is 14.8 Å². The quantitative estimate of drug-likeness (QED) is 0.681. The van der Waals surface area contributed by atoms with Crippen molar-refractivity contribution < 1.29 is 14.3 Å². The number of benzene rings is 1. The average molecular weight is 367 g/mol. The van der Waals surface area contributed by atoms with Crippen LogP contribution in [0.25, 0.3) is 0 Å². The molecular formula is C19H30N2O3S. The molecule has 1 amide bonds. The Morgan fingerprint density at radius 1 is 1.40 bits per heavy atom. The van der Waals surface area contributed by atoms with E-state index in [1.165, 1.54) is 0 Å². The van der Waals surface area contributed by atoms with Crippen LogP contribution in [0.2, 0.25) is 0 Å². The number of nitrogens with zero attached hydrogens (tertiary/aromatic N) is 1. The molecule has 2 rings (SSSR count). The number of hydrogen-bond acceptors (Lipinski definition) is 5. The molecule has 1 atom stereocenters. The molecule has 140 valence electrons. The fraction of sp³-hybridized carbons (Fsp3) is 0.632. The molecule has 1 heterocycles. The topological polar surface area (TPSA) is 50.8 Å². The summed E-state index contributed by atoms with van der Waals surface area (Å²) in [6, 6.07) is 7.90. The maximum absolute atomic E-state index is 12.0. The summed E-state index contributed by atoms with van der Waals surface area (Å²) < 4.78 is 10.9. The molecule has 1 aliphatic rings. The van der Waals surface area contributed by atoms with Crippen molar-refractivity contribution in [2.75, 3.05) is 45.6 Å². The highest BCUT2D eigenvalue weighted by Crippen LogP contribution is 2.21. The van der Waals surface area contributed by atoms with E-state index in [0.717, 1.165) is 42.6 Å². The van der Waals surface area contributed by atoms with E-state index in [9.17, 15) is 4.79 Å². The molecule has 1 aliphatic heterocycles. The zero-order valence-electron chi connectivity index (χ0n) is 15.5. The fourth-order valence-corrected chi connectivity index (χ4v) is 3.69. The Bertz CT molecular complexity index is 522. The molecule has 1 unspecified atom stereocenters. The van der Waals surface area contributed by atoms with Crippen LogP contribution in [0.4, 0.5) is 0 Å². The minimum Gasteiger partial charge on any atom is -0.497 e. The summed E-state index contributed by atoms with van der Waals surface area (Å²) in [6.07, 6.45) is 0.616. The van der Waals surface area contributed by atoms with E-state index >= 15 is 0 Å². The van der Waals surface area contributed by atoms with E-state index in [-0.39, 0.29) is 12.0 Å². The molecule has 0 aliphatic carbocycles. The first kappa shape index (κ1) is 20.1. The van der Waals surface area contributed by atoms with Crippen LogP contribution in [-0.4, -0.2) is 62.6 Å². The van der Waals surface area contributed by atoms with Crippen LogP contribution >= 0.6 is 11.8 Å². The molecule has 0 bridgehead atoms. The Morgan fingerprint density at radius 2 is 2.16 bits per heavy atom. The predicted octanol–water partition coefficient (Wildman–Crippen LogP) is 2.65. The van der Waals surface area contributed by atoms with E-state index in [4.69, 9.17) is 9.47 Å². The molecule has 1 aromatic carbocycles. The summed E-state index contributed by atoms with van der Waals surface area (Å²) in [7, 11) is 1.66. The van der Waals surface area contributed by atoms with E-state index in [1.54, 1.807) is 18.9 Å². The molecule has 1 N–H and O–H groups in total. The van der Waals surface area contributed by atoms with Crippen molar-refractivity contribution >= 4 is 17.7 Å². The Morgan fingerprint density at radius 3 is 2.84 bits per heavy atom. The van der Waals surface area contributed by atoms with E-state index < -0.39 is 0 Å². The van der Waals surface area contributed by atoms with Crippen molar-refractivity contribution in [3.8, 4) is 5.75 Å². The SMILES string of the molecule is COc1ccc(SCCC(=O)NCC2CN(CC(C)C)CCO2)cc1. The van der Waals surface area contributed by atoms with Gasteiger partial charge >= 0.3 is 0 Å². The largest absolute Gasteiger partial charge is 0.497 e. The molecule has 5 nitrogen and oxygen atoms in total. The van der Waals surface area contributed by atoms with Crippen molar-refractivity contribution in [2.24, 2.45) is 5.92 Å². The van der Waals surface area contributed by atoms with Gasteiger partial charge in [-0.3, -0.25) is 9.69 Å². The Balaban J connectivity index is 1.61. The molecule has 6 heteroatoms. The lowest BCUT2D eigenvalue weighted by Gasteiger charge is -2.33. The van der Waals surface area contributed by atoms with Gasteiger partial charge in [0.15, 0.2) is 0 Å². The average Bonchev–Trinajstić information content (AvgIpc) is 2.60. The van der Waals surface area contributed by atoms with Gasteiger partial charge in [0.05, 0.1) is 19.8 Å². The van der Waals surface area contributed by atoms with Gasteiger partial charge in [-0.05, 0) is 30.2 Å². The summed E-state index contributed by atoms with van der Waals surface area (Å²) >= 11 is 1.68. The van der Waals surface area contributed by atoms with Crippen molar-refractivity contribution in [3.05, 3.63) is 24.3 Å². The first-order chi connectivity index (χ1) is 12.1. The lowest BCUT2D eigenvalue weighted by atomic mass is 10.2. The Kier molecular flexibility index (Phi) is 8.58. The van der Waals surface area contributed by atoms with Crippen LogP contribution in [0.3, 0.4) is 0 Å². The monoisotopic (exact) mass is 366 g/mol. The molecule has 1 saturated heterocycles. The highest BCUT2D eigenvalue weighted by atomic mass is 32.2. The summed E-state index contributed by atoms with van der Waals surface area (Å²) in [6.45, 7) is 8.78. The maximum atomic E-state index is 12.0. The third kappa shape index (κ3) is 7.67. The molecule has 1 aromatic rings. The van der Waals surface area contributed by atoms with Gasteiger partial charge in [-0.25, -0.2) is 0 Å². The summed E-state index contributed by atoms with van der Waals surface area (Å²) in [5, 5.41) is 3.01. The predicted molar refractivity (Wildman–Crippen MR) is 102 cm³/mol. The fourth-order valence-electron chi connectivity index (χ4n) is 2.84. The number of hydrogen-bond donors (Lipinski definition) is 1. The second kappa shape index (κ2) is 10.7. The van der Waals surface area contributed by atoms with Gasteiger partial charge in [0.1, 0.15) is 5.75 Å². The Hall–Kier alpha value is -1.24. The minimum absolute atomic E-state index is 0.0885. The molecule has 0 saturated carbocycles. The summed E-state index contributed by atoms with van der Waals surface area (Å²) in [5.41, 5.74) is 0. The number of amides is 1. The normalized spacial score (nSPS) is 18.3. The van der Waals surface area contributed by atoms with Gasteiger partial charge in [0.2, 0.25) is 5.91 Å². The van der Waals surface area contributed by atoms with E-state index in [2.05, 4.69) is 24.1 Å². The Labute approximate surface area is 155 Å². The summed E-state index contributed by atoms with van der Waals surface area (Å²) in [5.74, 6) is 2.36. The number of methoxy groups -OCH3 is 1. The number of carbonyl (C=O) groups is 1. The molecule has 0 radical (unpaired) electrons. The number of carbonyl (C=O) groups excluding carboxylic acids is 1. The van der Waals surface area contributed by atoms with Crippen molar-refractivity contribution in [3.63, 3.8) is 0 Å². The minimum atomic E-state index is 0.0885. The van der Waals surface area contributed by atoms with Gasteiger partial charge in [-0.15, -0.1) is 11.8 Å². The van der Waals surface area contributed by atoms with Crippen LogP contribution in [0.1, 0.15) is 20.3 Å². The number of nitrogens with one attached hydrogen (secondary N) is 1. The van der Waals surface area contributed by atoms with Crippen LogP contribution in [0, 0.1) is 5.92 Å². The molecule has 0 aromatic heterocycles. The van der Waals surface area contributed by atoms with Crippen molar-refractivity contribution in [1.29, 1.82) is 0 Å². The number of morpholine rings is 1. The van der Waals surface area contributed by atoms with Crippen LogP contribution in [-0.2, 0) is 9.53 Å². The second-order valence-corrected chi connectivity index (χ2v) is 7.89. The second-order valence-electron chi connectivity index (χ2n) is 6.72. The zero-order chi connectivity index (χ0) is 18.1. The van der Waals surface area contributed by atoms with Crippen LogP contribution < -0.4 is 10.1 Å². The summed E-state index contributed by atoms with van der Waals surface area (Å²) in [4.78, 5) is 15.6. The van der Waals surface area contributed by atoms with Gasteiger partial charge in [-0.1, -0.05) is 13.8 Å². The van der Waals surface area contributed by atoms with Gasteiger partial charge in [-0.2, -0.15) is 0 Å². The van der Waals surface area contributed by atoms with Gasteiger partial charge in [0.25, 0.3) is 0 Å². The number of rotatable bonds is 9. The van der Waals surface area contributed by atoms with Crippen LogP contribution in [0.15, 0.2) is 29.2 Å². The smallest absolute Gasteiger partial charge is 0.220 e. The first-order valence-corrected chi connectivity index (χ1v) is 9.93. The maximum Gasteiger partial charge on any atom is 0.220 e. The van der Waals surface area contributed by atoms with E-state index in [0.29, 0.717) is 18.9 Å². The highest BCUT2D eigenvalue weighted by Gasteiger charge is 2.21. The standard InChI is InChI=1S/C19H30N2O3S/c1-15(2)13-21-9-10-24-17(14-21)12-20-19(22)8-11-25-18-6-4-16(23-3)5-7-18/h4-7,15,17H,8-14H2,1-3H3,(H,20,22). The highest BCUT2D eigenvalue weighted by molar-refractivity contribution is 7.99. The first-order valence-electron chi connectivity index (χ1n) is 8.94.